The van der Waals surface area contributed by atoms with Gasteiger partial charge in [0, 0.05) is 0 Å². The van der Waals surface area contributed by atoms with Crippen LogP contribution in [0.15, 0.2) is 16.1 Å². The van der Waals surface area contributed by atoms with Crippen LogP contribution >= 0.6 is 11.6 Å². The van der Waals surface area contributed by atoms with Gasteiger partial charge in [0.15, 0.2) is 0 Å². The van der Waals surface area contributed by atoms with E-state index >= 15 is 0 Å². The Morgan fingerprint density at radius 1 is 1.81 bits per heavy atom. The second-order valence-electron chi connectivity index (χ2n) is 2.69. The molecule has 0 amide bonds. The lowest BCUT2D eigenvalue weighted by atomic mass is 10.3. The Bertz CT molecular complexity index is 483. The van der Waals surface area contributed by atoms with Crippen molar-refractivity contribution in [3.63, 3.8) is 0 Å². The third kappa shape index (κ3) is 2.57. The van der Waals surface area contributed by atoms with Crippen molar-refractivity contribution in [2.45, 2.75) is 6.54 Å². The first-order chi connectivity index (χ1) is 7.60. The summed E-state index contributed by atoms with van der Waals surface area (Å²) in [6.45, 7) is -0.335. The van der Waals surface area contributed by atoms with Crippen molar-refractivity contribution in [1.29, 1.82) is 0 Å². The molecule has 0 bridgehead atoms. The summed E-state index contributed by atoms with van der Waals surface area (Å²) in [6, 6.07) is 0. The molecule has 0 aliphatic heterocycles. The van der Waals surface area contributed by atoms with Crippen molar-refractivity contribution in [3.05, 3.63) is 27.1 Å². The van der Waals surface area contributed by atoms with Crippen molar-refractivity contribution in [3.8, 4) is 0 Å². The van der Waals surface area contributed by atoms with E-state index in [0.29, 0.717) is 0 Å². The van der Waals surface area contributed by atoms with Crippen LogP contribution in [0, 0.1) is 0 Å². The lowest BCUT2D eigenvalue weighted by Gasteiger charge is -2.04. The molecule has 0 fully saturated rings. The highest BCUT2D eigenvalue weighted by Gasteiger charge is 2.11. The minimum Gasteiger partial charge on any atom is -0.468 e. The predicted octanol–water partition coefficient (Wildman–Crippen LogP) is -0.122. The molecular weight excluding hydrogens is 238 g/mol. The lowest BCUT2D eigenvalue weighted by molar-refractivity contribution is -0.141. The van der Waals surface area contributed by atoms with Gasteiger partial charge in [-0.3, -0.25) is 9.59 Å². The molecule has 0 saturated carbocycles. The minimum atomic E-state index is -0.643. The van der Waals surface area contributed by atoms with Crippen molar-refractivity contribution in [1.82, 2.24) is 9.78 Å². The molecule has 0 aliphatic carbocycles. The summed E-state index contributed by atoms with van der Waals surface area (Å²) in [4.78, 5) is 22.6. The zero-order chi connectivity index (χ0) is 12.1. The van der Waals surface area contributed by atoms with Gasteiger partial charge in [0.2, 0.25) is 0 Å². The van der Waals surface area contributed by atoms with E-state index in [9.17, 15) is 9.59 Å². The number of hydrogen-bond acceptors (Lipinski definition) is 6. The van der Waals surface area contributed by atoms with Gasteiger partial charge in [-0.25, -0.2) is 4.68 Å². The number of nitrogens with zero attached hydrogens (tertiary/aromatic N) is 3. The van der Waals surface area contributed by atoms with Gasteiger partial charge in [-0.1, -0.05) is 16.8 Å². The highest BCUT2D eigenvalue weighted by atomic mass is 35.5. The molecule has 0 aliphatic rings. The highest BCUT2D eigenvalue weighted by molar-refractivity contribution is 6.32. The van der Waals surface area contributed by atoms with Gasteiger partial charge in [-0.05, 0) is 0 Å². The zero-order valence-corrected chi connectivity index (χ0v) is 9.01. The summed E-state index contributed by atoms with van der Waals surface area (Å²) in [7, 11) is 1.19. The Balaban J connectivity index is 3.19. The maximum absolute atomic E-state index is 11.6. The van der Waals surface area contributed by atoms with E-state index in [1.54, 1.807) is 0 Å². The smallest absolute Gasteiger partial charge is 0.327 e. The first kappa shape index (κ1) is 12.2. The molecule has 16 heavy (non-hydrogen) atoms. The largest absolute Gasteiger partial charge is 0.468 e. The molecule has 7 nitrogen and oxygen atoms in total. The zero-order valence-electron chi connectivity index (χ0n) is 8.25. The van der Waals surface area contributed by atoms with Crippen LogP contribution < -0.4 is 5.56 Å². The van der Waals surface area contributed by atoms with Crippen LogP contribution in [0.3, 0.4) is 0 Å². The van der Waals surface area contributed by atoms with Gasteiger partial charge in [0.05, 0.1) is 30.1 Å². The standard InChI is InChI=1S/C8H8ClN3O4/c1-16-7(13)4-12-8(14)5(2-11-15)6(9)3-10-12/h2-3,15H,4H2,1H3/b11-2+. The molecule has 0 aromatic carbocycles. The fraction of sp³-hybridized carbons (Fsp3) is 0.250. The molecule has 1 N–H and O–H groups in total. The first-order valence-corrected chi connectivity index (χ1v) is 4.47. The molecule has 1 heterocycles. The molecule has 0 unspecified atom stereocenters. The van der Waals surface area contributed by atoms with Crippen LogP contribution in [0.4, 0.5) is 0 Å². The Labute approximate surface area is 94.9 Å². The van der Waals surface area contributed by atoms with Gasteiger partial charge >= 0.3 is 5.97 Å². The summed E-state index contributed by atoms with van der Waals surface area (Å²) >= 11 is 5.66. The van der Waals surface area contributed by atoms with Gasteiger partial charge in [0.1, 0.15) is 6.54 Å². The maximum atomic E-state index is 11.6. The summed E-state index contributed by atoms with van der Waals surface area (Å²) in [5.41, 5.74) is -0.696. The number of esters is 1. The Hall–Kier alpha value is -1.89. The number of methoxy groups -OCH3 is 1. The normalized spacial score (nSPS) is 10.6. The first-order valence-electron chi connectivity index (χ1n) is 4.10. The number of oxime groups is 1. The van der Waals surface area contributed by atoms with Crippen LogP contribution in [0.1, 0.15) is 5.56 Å². The molecule has 8 heteroatoms. The van der Waals surface area contributed by atoms with Crippen LogP contribution in [0.25, 0.3) is 0 Å². The number of ether oxygens (including phenoxy) is 1. The summed E-state index contributed by atoms with van der Waals surface area (Å²) in [5.74, 6) is -0.621. The summed E-state index contributed by atoms with van der Waals surface area (Å²) in [5, 5.41) is 14.7. The average Bonchev–Trinajstić information content (AvgIpc) is 2.28. The van der Waals surface area contributed by atoms with Crippen molar-refractivity contribution in [2.24, 2.45) is 5.16 Å². The summed E-state index contributed by atoms with van der Waals surface area (Å²) in [6.07, 6.45) is 2.04. The van der Waals surface area contributed by atoms with Gasteiger partial charge in [-0.2, -0.15) is 5.10 Å². The SMILES string of the molecule is COC(=O)Cn1ncc(Cl)c(/C=N/O)c1=O. The van der Waals surface area contributed by atoms with E-state index in [2.05, 4.69) is 15.0 Å². The average molecular weight is 246 g/mol. The minimum absolute atomic E-state index is 0.0314. The fourth-order valence-corrected chi connectivity index (χ4v) is 1.13. The van der Waals surface area contributed by atoms with Crippen molar-refractivity contribution < 1.29 is 14.7 Å². The molecule has 1 rings (SSSR count). The van der Waals surface area contributed by atoms with Gasteiger partial charge in [0.25, 0.3) is 5.56 Å². The van der Waals surface area contributed by atoms with E-state index in [0.717, 1.165) is 10.9 Å². The van der Waals surface area contributed by atoms with E-state index in [1.165, 1.54) is 13.3 Å². The van der Waals surface area contributed by atoms with Gasteiger partial charge in [-0.15, -0.1) is 0 Å². The van der Waals surface area contributed by atoms with Crippen LogP contribution in [0.5, 0.6) is 0 Å². The third-order valence-corrected chi connectivity index (χ3v) is 2.03. The molecule has 0 spiro atoms. The number of halogens is 1. The number of carbonyl (C=O) groups excluding carboxylic acids is 1. The van der Waals surface area contributed by atoms with Crippen LogP contribution in [-0.2, 0) is 16.1 Å². The lowest BCUT2D eigenvalue weighted by Crippen LogP contribution is -2.29. The molecule has 0 saturated heterocycles. The van der Waals surface area contributed by atoms with Crippen molar-refractivity contribution >= 4 is 23.8 Å². The monoisotopic (exact) mass is 245 g/mol. The maximum Gasteiger partial charge on any atom is 0.327 e. The molecular formula is C8H8ClN3O4. The fourth-order valence-electron chi connectivity index (χ4n) is 0.958. The quantitative estimate of drug-likeness (QED) is 0.347. The molecule has 0 atom stereocenters. The third-order valence-electron chi connectivity index (χ3n) is 1.73. The molecule has 1 aromatic heterocycles. The second kappa shape index (κ2) is 5.26. The van der Waals surface area contributed by atoms with E-state index in [-0.39, 0.29) is 17.1 Å². The van der Waals surface area contributed by atoms with E-state index in [1.807, 2.05) is 0 Å². The Morgan fingerprint density at radius 3 is 3.06 bits per heavy atom. The second-order valence-corrected chi connectivity index (χ2v) is 3.10. The Morgan fingerprint density at radius 2 is 2.50 bits per heavy atom. The number of aromatic nitrogens is 2. The topological polar surface area (TPSA) is 93.8 Å². The Kier molecular flexibility index (Phi) is 4.01. The number of carbonyl (C=O) groups is 1. The molecule has 86 valence electrons. The predicted molar refractivity (Wildman–Crippen MR) is 54.9 cm³/mol. The molecule has 0 radical (unpaired) electrons. The van der Waals surface area contributed by atoms with Crippen LogP contribution in [0.2, 0.25) is 5.02 Å². The van der Waals surface area contributed by atoms with Crippen molar-refractivity contribution in [2.75, 3.05) is 7.11 Å². The van der Waals surface area contributed by atoms with E-state index < -0.39 is 11.5 Å². The molecule has 1 aromatic rings. The van der Waals surface area contributed by atoms with E-state index in [4.69, 9.17) is 16.8 Å². The summed E-state index contributed by atoms with van der Waals surface area (Å²) < 4.78 is 5.24. The highest BCUT2D eigenvalue weighted by Crippen LogP contribution is 2.06. The number of hydrogen-bond donors (Lipinski definition) is 1. The van der Waals surface area contributed by atoms with Gasteiger partial charge < -0.3 is 9.94 Å². The van der Waals surface area contributed by atoms with Crippen LogP contribution in [-0.4, -0.2) is 34.3 Å². The number of rotatable bonds is 3.